The van der Waals surface area contributed by atoms with Crippen molar-refractivity contribution in [3.63, 3.8) is 0 Å². The number of para-hydroxylation sites is 1. The number of anilines is 1. The average Bonchev–Trinajstić information content (AvgIpc) is 2.94. The van der Waals surface area contributed by atoms with E-state index < -0.39 is 6.04 Å². The highest BCUT2D eigenvalue weighted by molar-refractivity contribution is 6.01. The van der Waals surface area contributed by atoms with Crippen molar-refractivity contribution in [2.45, 2.75) is 45.1 Å². The summed E-state index contributed by atoms with van der Waals surface area (Å²) in [6.07, 6.45) is 4.36. The van der Waals surface area contributed by atoms with Gasteiger partial charge in [0.2, 0.25) is 5.91 Å². The third-order valence-corrected chi connectivity index (χ3v) is 6.45. The van der Waals surface area contributed by atoms with E-state index in [0.717, 1.165) is 36.1 Å². The van der Waals surface area contributed by atoms with E-state index in [-0.39, 0.29) is 11.8 Å². The van der Waals surface area contributed by atoms with E-state index in [4.69, 9.17) is 0 Å². The maximum atomic E-state index is 13.5. The number of hydrogen-bond donors (Lipinski definition) is 2. The Morgan fingerprint density at radius 2 is 1.32 bits per heavy atom. The first kappa shape index (κ1) is 25.9. The summed E-state index contributed by atoms with van der Waals surface area (Å²) in [5, 5.41) is 6.07. The maximum Gasteiger partial charge on any atom is 0.251 e. The normalized spacial score (nSPS) is 11.5. The van der Waals surface area contributed by atoms with E-state index in [1.54, 1.807) is 0 Å². The van der Waals surface area contributed by atoms with Gasteiger partial charge in [-0.1, -0.05) is 104 Å². The Morgan fingerprint density at radius 1 is 0.703 bits per heavy atom. The zero-order valence-corrected chi connectivity index (χ0v) is 21.3. The molecule has 4 nitrogen and oxygen atoms in total. The highest BCUT2D eigenvalue weighted by Crippen LogP contribution is 2.20. The molecule has 2 N–H and O–H groups in total. The molecule has 0 aliphatic carbocycles. The predicted octanol–water partition coefficient (Wildman–Crippen LogP) is 6.60. The summed E-state index contributed by atoms with van der Waals surface area (Å²) in [5.41, 5.74) is 5.69. The quantitative estimate of drug-likeness (QED) is 0.249. The van der Waals surface area contributed by atoms with Gasteiger partial charge in [-0.3, -0.25) is 9.59 Å². The molecule has 0 aromatic heterocycles. The van der Waals surface area contributed by atoms with Crippen LogP contribution in [0.3, 0.4) is 0 Å². The van der Waals surface area contributed by atoms with E-state index in [9.17, 15) is 9.59 Å². The SMILES string of the molecule is CCCCc1ccc(C(=O)NC(Cc2ccccc2)C(=O)Nc2ccccc2Cc2ccccc2)cc1. The number of carbonyl (C=O) groups excluding carboxylic acids is 2. The zero-order valence-electron chi connectivity index (χ0n) is 21.3. The first-order valence-corrected chi connectivity index (χ1v) is 13.0. The zero-order chi connectivity index (χ0) is 25.9. The number of hydrogen-bond acceptors (Lipinski definition) is 2. The van der Waals surface area contributed by atoms with Gasteiger partial charge >= 0.3 is 0 Å². The molecular formula is C33H34N2O2. The van der Waals surface area contributed by atoms with Crippen LogP contribution in [-0.2, 0) is 24.1 Å². The van der Waals surface area contributed by atoms with Crippen LogP contribution in [0.5, 0.6) is 0 Å². The molecule has 1 unspecified atom stereocenters. The van der Waals surface area contributed by atoms with Gasteiger partial charge in [0, 0.05) is 17.7 Å². The van der Waals surface area contributed by atoms with Gasteiger partial charge < -0.3 is 10.6 Å². The summed E-state index contributed by atoms with van der Waals surface area (Å²) in [6, 6.07) is 34.7. The molecule has 0 fully saturated rings. The molecule has 1 atom stereocenters. The van der Waals surface area contributed by atoms with Gasteiger partial charge in [0.05, 0.1) is 0 Å². The van der Waals surface area contributed by atoms with Crippen LogP contribution < -0.4 is 10.6 Å². The summed E-state index contributed by atoms with van der Waals surface area (Å²) in [7, 11) is 0. The molecule has 188 valence electrons. The van der Waals surface area contributed by atoms with Crippen molar-refractivity contribution in [2.75, 3.05) is 5.32 Å². The Balaban J connectivity index is 1.51. The molecule has 4 aromatic rings. The Morgan fingerprint density at radius 3 is 2.00 bits per heavy atom. The molecule has 0 radical (unpaired) electrons. The lowest BCUT2D eigenvalue weighted by Crippen LogP contribution is -2.45. The molecule has 37 heavy (non-hydrogen) atoms. The van der Waals surface area contributed by atoms with Crippen LogP contribution in [0.4, 0.5) is 5.69 Å². The molecule has 2 amide bonds. The number of carbonyl (C=O) groups is 2. The summed E-state index contributed by atoms with van der Waals surface area (Å²) in [6.45, 7) is 2.17. The van der Waals surface area contributed by atoms with E-state index >= 15 is 0 Å². The van der Waals surface area contributed by atoms with Crippen LogP contribution in [-0.4, -0.2) is 17.9 Å². The fourth-order valence-electron chi connectivity index (χ4n) is 4.34. The van der Waals surface area contributed by atoms with Gasteiger partial charge in [0.25, 0.3) is 5.91 Å². The maximum absolute atomic E-state index is 13.5. The van der Waals surface area contributed by atoms with E-state index in [0.29, 0.717) is 18.4 Å². The molecular weight excluding hydrogens is 456 g/mol. The summed E-state index contributed by atoms with van der Waals surface area (Å²) < 4.78 is 0. The Hall–Kier alpha value is -4.18. The highest BCUT2D eigenvalue weighted by atomic mass is 16.2. The summed E-state index contributed by atoms with van der Waals surface area (Å²) in [4.78, 5) is 26.7. The van der Waals surface area contributed by atoms with E-state index in [1.807, 2.05) is 97.1 Å². The molecule has 0 saturated carbocycles. The second kappa shape index (κ2) is 13.2. The van der Waals surface area contributed by atoms with Crippen LogP contribution in [0.25, 0.3) is 0 Å². The van der Waals surface area contributed by atoms with Gasteiger partial charge in [-0.05, 0) is 59.7 Å². The number of nitrogens with one attached hydrogen (secondary N) is 2. The Bertz CT molecular complexity index is 1280. The standard InChI is InChI=1S/C33H34N2O2/c1-2-3-12-25-19-21-28(22-20-25)32(36)35-31(24-27-15-8-5-9-16-27)33(37)34-30-18-11-10-17-29(30)23-26-13-6-4-7-14-26/h4-11,13-22,31H,2-3,12,23-24H2,1H3,(H,34,37)(H,35,36). The molecule has 0 saturated heterocycles. The molecule has 0 spiro atoms. The van der Waals surface area contributed by atoms with Crippen LogP contribution in [0, 0.1) is 0 Å². The number of amides is 2. The fraction of sp³-hybridized carbons (Fsp3) is 0.212. The Kier molecular flexibility index (Phi) is 9.25. The van der Waals surface area contributed by atoms with Crippen LogP contribution in [0.1, 0.15) is 52.4 Å². The van der Waals surface area contributed by atoms with Crippen molar-refractivity contribution >= 4 is 17.5 Å². The second-order valence-corrected chi connectivity index (χ2v) is 9.33. The molecule has 0 aliphatic rings. The number of benzene rings is 4. The monoisotopic (exact) mass is 490 g/mol. The van der Waals surface area contributed by atoms with Crippen molar-refractivity contribution < 1.29 is 9.59 Å². The van der Waals surface area contributed by atoms with E-state index in [1.165, 1.54) is 11.1 Å². The Labute approximate surface area is 219 Å². The van der Waals surface area contributed by atoms with Crippen LogP contribution in [0.2, 0.25) is 0 Å². The first-order valence-electron chi connectivity index (χ1n) is 13.0. The number of aryl methyl sites for hydroxylation is 1. The van der Waals surface area contributed by atoms with E-state index in [2.05, 4.69) is 29.7 Å². The molecule has 0 aliphatic heterocycles. The molecule has 4 aromatic carbocycles. The molecule has 4 rings (SSSR count). The van der Waals surface area contributed by atoms with Crippen LogP contribution >= 0.6 is 0 Å². The number of rotatable bonds is 11. The smallest absolute Gasteiger partial charge is 0.251 e. The van der Waals surface area contributed by atoms with Crippen LogP contribution in [0.15, 0.2) is 109 Å². The topological polar surface area (TPSA) is 58.2 Å². The molecule has 0 heterocycles. The van der Waals surface area contributed by atoms with Gasteiger partial charge in [-0.25, -0.2) is 0 Å². The predicted molar refractivity (Wildman–Crippen MR) is 151 cm³/mol. The van der Waals surface area contributed by atoms with Crippen molar-refractivity contribution in [2.24, 2.45) is 0 Å². The second-order valence-electron chi connectivity index (χ2n) is 9.33. The lowest BCUT2D eigenvalue weighted by atomic mass is 10.0. The first-order chi connectivity index (χ1) is 18.1. The van der Waals surface area contributed by atoms with Gasteiger partial charge in [-0.2, -0.15) is 0 Å². The van der Waals surface area contributed by atoms with Crippen molar-refractivity contribution in [1.29, 1.82) is 0 Å². The lowest BCUT2D eigenvalue weighted by molar-refractivity contribution is -0.118. The number of unbranched alkanes of at least 4 members (excludes halogenated alkanes) is 1. The van der Waals surface area contributed by atoms with Gasteiger partial charge in [-0.15, -0.1) is 0 Å². The van der Waals surface area contributed by atoms with Crippen molar-refractivity contribution in [1.82, 2.24) is 5.32 Å². The van der Waals surface area contributed by atoms with Crippen molar-refractivity contribution in [3.8, 4) is 0 Å². The minimum Gasteiger partial charge on any atom is -0.340 e. The highest BCUT2D eigenvalue weighted by Gasteiger charge is 2.23. The summed E-state index contributed by atoms with van der Waals surface area (Å²) in [5.74, 6) is -0.493. The fourth-order valence-corrected chi connectivity index (χ4v) is 4.34. The lowest BCUT2D eigenvalue weighted by Gasteiger charge is -2.20. The minimum atomic E-state index is -0.723. The largest absolute Gasteiger partial charge is 0.340 e. The third kappa shape index (κ3) is 7.65. The minimum absolute atomic E-state index is 0.239. The van der Waals surface area contributed by atoms with Gasteiger partial charge in [0.1, 0.15) is 6.04 Å². The average molecular weight is 491 g/mol. The summed E-state index contributed by atoms with van der Waals surface area (Å²) >= 11 is 0. The molecule has 4 heteroatoms. The van der Waals surface area contributed by atoms with Crippen molar-refractivity contribution in [3.05, 3.63) is 137 Å². The third-order valence-electron chi connectivity index (χ3n) is 6.45. The van der Waals surface area contributed by atoms with Gasteiger partial charge in [0.15, 0.2) is 0 Å². The molecule has 0 bridgehead atoms.